The predicted molar refractivity (Wildman–Crippen MR) is 126 cm³/mol. The topological polar surface area (TPSA) is 72.2 Å². The third-order valence-corrected chi connectivity index (χ3v) is 4.76. The second kappa shape index (κ2) is 12.6. The molecule has 28 heavy (non-hydrogen) atoms. The number of nitrogens with one attached hydrogen (secondary N) is 2. The van der Waals surface area contributed by atoms with Crippen molar-refractivity contribution in [1.82, 2.24) is 20.0 Å². The summed E-state index contributed by atoms with van der Waals surface area (Å²) in [7, 11) is 0. The highest BCUT2D eigenvalue weighted by molar-refractivity contribution is 14.0. The molecule has 0 amide bonds. The summed E-state index contributed by atoms with van der Waals surface area (Å²) < 4.78 is 14.3. The van der Waals surface area contributed by atoms with Gasteiger partial charge in [0.25, 0.3) is 0 Å². The van der Waals surface area contributed by atoms with E-state index in [-0.39, 0.29) is 24.0 Å². The van der Waals surface area contributed by atoms with E-state index in [0.29, 0.717) is 19.3 Å². The van der Waals surface area contributed by atoms with Crippen molar-refractivity contribution >= 4 is 51.5 Å². The van der Waals surface area contributed by atoms with Gasteiger partial charge in [-0.2, -0.15) is 0 Å². The highest BCUT2D eigenvalue weighted by Crippen LogP contribution is 2.13. The molecule has 156 valence electrons. The molecule has 3 heterocycles. The van der Waals surface area contributed by atoms with E-state index in [9.17, 15) is 0 Å². The first-order chi connectivity index (χ1) is 13.2. The maximum Gasteiger partial charge on any atom is 0.191 e. The maximum atomic E-state index is 5.69. The Kier molecular flexibility index (Phi) is 10.5. The van der Waals surface area contributed by atoms with Crippen LogP contribution >= 0.6 is 39.9 Å². The lowest BCUT2D eigenvalue weighted by molar-refractivity contribution is 0.0168. The fourth-order valence-corrected chi connectivity index (χ4v) is 3.32. The predicted octanol–water partition coefficient (Wildman–Crippen LogP) is 3.36. The van der Waals surface area contributed by atoms with Gasteiger partial charge in [0, 0.05) is 43.2 Å². The van der Waals surface area contributed by atoms with Crippen LogP contribution in [0.5, 0.6) is 0 Å². The minimum absolute atomic E-state index is 0. The molecular formula is C19H29BrIN5O2. The molecule has 0 bridgehead atoms. The summed E-state index contributed by atoms with van der Waals surface area (Å²) >= 11 is 3.48. The first-order valence-electron chi connectivity index (χ1n) is 9.59. The smallest absolute Gasteiger partial charge is 0.191 e. The number of ether oxygens (including phenoxy) is 2. The molecule has 0 aliphatic carbocycles. The molecule has 0 radical (unpaired) electrons. The summed E-state index contributed by atoms with van der Waals surface area (Å²) in [4.78, 5) is 9.22. The molecule has 0 spiro atoms. The average Bonchev–Trinajstić information content (AvgIpc) is 3.31. The Morgan fingerprint density at radius 2 is 2.29 bits per heavy atom. The zero-order chi connectivity index (χ0) is 18.9. The minimum atomic E-state index is 0. The number of guanidine groups is 1. The molecule has 1 fully saturated rings. The molecule has 1 saturated heterocycles. The first kappa shape index (κ1) is 23.4. The van der Waals surface area contributed by atoms with Crippen LogP contribution in [0.1, 0.15) is 31.9 Å². The van der Waals surface area contributed by atoms with Crippen molar-refractivity contribution in [2.45, 2.75) is 38.8 Å². The second-order valence-electron chi connectivity index (χ2n) is 6.53. The number of aliphatic imine (C=N–C) groups is 1. The third-order valence-electron chi connectivity index (χ3n) is 4.29. The van der Waals surface area contributed by atoms with E-state index in [4.69, 9.17) is 9.47 Å². The zero-order valence-electron chi connectivity index (χ0n) is 16.2. The molecular weight excluding hydrogens is 537 g/mol. The first-order valence-corrected chi connectivity index (χ1v) is 10.4. The molecule has 2 aromatic rings. The summed E-state index contributed by atoms with van der Waals surface area (Å²) in [5, 5.41) is 6.62. The van der Waals surface area contributed by atoms with Crippen LogP contribution < -0.4 is 10.6 Å². The molecule has 0 saturated carbocycles. The van der Waals surface area contributed by atoms with Gasteiger partial charge in [-0.1, -0.05) is 0 Å². The quantitative estimate of drug-likeness (QED) is 0.211. The van der Waals surface area contributed by atoms with Crippen LogP contribution in [0, 0.1) is 0 Å². The van der Waals surface area contributed by atoms with E-state index < -0.39 is 0 Å². The molecule has 0 aromatic carbocycles. The van der Waals surface area contributed by atoms with E-state index in [1.807, 2.05) is 28.9 Å². The number of nitrogens with zero attached hydrogens (tertiary/aromatic N) is 3. The lowest BCUT2D eigenvalue weighted by Gasteiger charge is -2.12. The van der Waals surface area contributed by atoms with Gasteiger partial charge in [-0.3, -0.25) is 0 Å². The van der Waals surface area contributed by atoms with Gasteiger partial charge in [0.05, 0.1) is 24.9 Å². The van der Waals surface area contributed by atoms with Gasteiger partial charge in [0.15, 0.2) is 5.96 Å². The van der Waals surface area contributed by atoms with E-state index in [0.717, 1.165) is 67.3 Å². The van der Waals surface area contributed by atoms with Crippen molar-refractivity contribution in [3.8, 4) is 0 Å². The molecule has 1 atom stereocenters. The van der Waals surface area contributed by atoms with Crippen LogP contribution in [0.15, 0.2) is 34.0 Å². The van der Waals surface area contributed by atoms with E-state index >= 15 is 0 Å². The van der Waals surface area contributed by atoms with Gasteiger partial charge in [0.1, 0.15) is 5.65 Å². The Labute approximate surface area is 191 Å². The Hall–Kier alpha value is -0.910. The van der Waals surface area contributed by atoms with Gasteiger partial charge in [0.2, 0.25) is 0 Å². The van der Waals surface area contributed by atoms with Crippen LogP contribution in [0.25, 0.3) is 5.65 Å². The van der Waals surface area contributed by atoms with Crippen molar-refractivity contribution in [2.24, 2.45) is 4.99 Å². The fraction of sp³-hybridized carbons (Fsp3) is 0.579. The Bertz CT molecular complexity index is 749. The summed E-state index contributed by atoms with van der Waals surface area (Å²) in [6.45, 7) is 6.54. The normalized spacial score (nSPS) is 16.9. The minimum Gasteiger partial charge on any atom is -0.379 e. The van der Waals surface area contributed by atoms with Crippen LogP contribution in [0.3, 0.4) is 0 Å². The maximum absolute atomic E-state index is 5.69. The van der Waals surface area contributed by atoms with Crippen molar-refractivity contribution in [2.75, 3.05) is 32.9 Å². The van der Waals surface area contributed by atoms with Crippen molar-refractivity contribution in [3.05, 3.63) is 34.7 Å². The largest absolute Gasteiger partial charge is 0.379 e. The highest BCUT2D eigenvalue weighted by Gasteiger charge is 2.14. The van der Waals surface area contributed by atoms with Crippen LogP contribution in [-0.4, -0.2) is 54.4 Å². The van der Waals surface area contributed by atoms with E-state index in [1.54, 1.807) is 0 Å². The van der Waals surface area contributed by atoms with Crippen LogP contribution in [0.4, 0.5) is 0 Å². The molecule has 1 aliphatic heterocycles. The van der Waals surface area contributed by atoms with E-state index in [1.165, 1.54) is 0 Å². The number of aromatic nitrogens is 2. The molecule has 9 heteroatoms. The standard InChI is InChI=1S/C19H28BrN5O2.HI/c1-2-21-19(22-8-4-9-26-14-17-5-3-10-27-17)23-11-16-13-25-12-15(20)6-7-18(25)24-16;/h6-7,12-13,17H,2-5,8-11,14H2,1H3,(H2,21,22,23);1H. The van der Waals surface area contributed by atoms with Crippen molar-refractivity contribution in [1.29, 1.82) is 0 Å². The van der Waals surface area contributed by atoms with Gasteiger partial charge in [-0.05, 0) is 54.2 Å². The summed E-state index contributed by atoms with van der Waals surface area (Å²) in [6.07, 6.45) is 7.50. The Morgan fingerprint density at radius 1 is 1.39 bits per heavy atom. The molecule has 2 aromatic heterocycles. The van der Waals surface area contributed by atoms with Crippen molar-refractivity contribution < 1.29 is 9.47 Å². The molecule has 7 nitrogen and oxygen atoms in total. The molecule has 1 unspecified atom stereocenters. The van der Waals surface area contributed by atoms with Crippen LogP contribution in [0.2, 0.25) is 0 Å². The fourth-order valence-electron chi connectivity index (χ4n) is 2.97. The van der Waals surface area contributed by atoms with Gasteiger partial charge >= 0.3 is 0 Å². The number of rotatable bonds is 9. The van der Waals surface area contributed by atoms with Gasteiger partial charge in [-0.15, -0.1) is 24.0 Å². The zero-order valence-corrected chi connectivity index (χ0v) is 20.1. The second-order valence-corrected chi connectivity index (χ2v) is 7.45. The lowest BCUT2D eigenvalue weighted by Crippen LogP contribution is -2.38. The monoisotopic (exact) mass is 565 g/mol. The Morgan fingerprint density at radius 3 is 3.07 bits per heavy atom. The summed E-state index contributed by atoms with van der Waals surface area (Å²) in [5.41, 5.74) is 1.86. The molecule has 3 rings (SSSR count). The number of pyridine rings is 1. The number of imidazole rings is 1. The molecule has 1 aliphatic rings. The Balaban J connectivity index is 0.00000280. The van der Waals surface area contributed by atoms with E-state index in [2.05, 4.69) is 43.5 Å². The van der Waals surface area contributed by atoms with Crippen molar-refractivity contribution in [3.63, 3.8) is 0 Å². The molecule has 2 N–H and O–H groups in total. The number of hydrogen-bond donors (Lipinski definition) is 2. The number of halogens is 2. The lowest BCUT2D eigenvalue weighted by atomic mass is 10.2. The summed E-state index contributed by atoms with van der Waals surface area (Å²) in [5.74, 6) is 0.801. The van der Waals surface area contributed by atoms with Crippen LogP contribution in [-0.2, 0) is 16.0 Å². The third kappa shape index (κ3) is 7.49. The SMILES string of the molecule is CCNC(=NCc1cn2cc(Br)ccc2n1)NCCCOCC1CCCO1.I. The summed E-state index contributed by atoms with van der Waals surface area (Å²) in [6, 6.07) is 3.97. The highest BCUT2D eigenvalue weighted by atomic mass is 127. The van der Waals surface area contributed by atoms with Gasteiger partial charge < -0.3 is 24.5 Å². The number of fused-ring (bicyclic) bond motifs is 1. The average molecular weight is 566 g/mol. The van der Waals surface area contributed by atoms with Gasteiger partial charge in [-0.25, -0.2) is 9.98 Å². The number of hydrogen-bond acceptors (Lipinski definition) is 4.